The van der Waals surface area contributed by atoms with E-state index in [1.807, 2.05) is 4.90 Å². The maximum atomic E-state index is 13.6. The van der Waals surface area contributed by atoms with Crippen molar-refractivity contribution >= 4 is 17.6 Å². The monoisotopic (exact) mass is 273 g/mol. The van der Waals surface area contributed by atoms with Gasteiger partial charge >= 0.3 is 5.97 Å². The normalized spacial score (nSPS) is 20.9. The average molecular weight is 274 g/mol. The number of carboxylic acids is 1. The minimum atomic E-state index is -0.990. The highest BCUT2D eigenvalue weighted by molar-refractivity contribution is 6.30. The number of aliphatic carboxylic acids is 1. The summed E-state index contributed by atoms with van der Waals surface area (Å²) in [5.41, 5.74) is 0.505. The van der Waals surface area contributed by atoms with Crippen LogP contribution in [0.1, 0.15) is 5.56 Å². The van der Waals surface area contributed by atoms with Crippen LogP contribution in [0.15, 0.2) is 18.2 Å². The molecular weight excluding hydrogens is 261 g/mol. The van der Waals surface area contributed by atoms with Crippen molar-refractivity contribution in [2.45, 2.75) is 12.6 Å². The number of benzene rings is 1. The lowest BCUT2D eigenvalue weighted by Gasteiger charge is -2.30. The quantitative estimate of drug-likeness (QED) is 0.912. The lowest BCUT2D eigenvalue weighted by molar-refractivity contribution is -0.156. The number of hydrogen-bond acceptors (Lipinski definition) is 3. The van der Waals surface area contributed by atoms with Gasteiger partial charge < -0.3 is 9.84 Å². The fourth-order valence-electron chi connectivity index (χ4n) is 1.89. The molecule has 1 heterocycles. The van der Waals surface area contributed by atoms with E-state index in [9.17, 15) is 9.18 Å². The van der Waals surface area contributed by atoms with Crippen LogP contribution in [0, 0.1) is 5.82 Å². The highest BCUT2D eigenvalue weighted by Crippen LogP contribution is 2.17. The van der Waals surface area contributed by atoms with Gasteiger partial charge in [-0.1, -0.05) is 17.7 Å². The molecule has 1 atom stereocenters. The number of rotatable bonds is 3. The van der Waals surface area contributed by atoms with Gasteiger partial charge in [-0.05, 0) is 12.1 Å². The Morgan fingerprint density at radius 2 is 2.39 bits per heavy atom. The SMILES string of the molecule is O=C(O)C1CN(Cc2ccc(Cl)cc2F)CCO1. The van der Waals surface area contributed by atoms with Gasteiger partial charge in [0.25, 0.3) is 0 Å². The molecule has 1 unspecified atom stereocenters. The molecular formula is C12H13ClFNO3. The molecule has 6 heteroatoms. The van der Waals surface area contributed by atoms with Crippen molar-refractivity contribution in [3.05, 3.63) is 34.6 Å². The maximum Gasteiger partial charge on any atom is 0.334 e. The number of hydrogen-bond donors (Lipinski definition) is 1. The van der Waals surface area contributed by atoms with Crippen molar-refractivity contribution in [2.24, 2.45) is 0 Å². The number of halogens is 2. The van der Waals surface area contributed by atoms with Crippen molar-refractivity contribution in [1.29, 1.82) is 0 Å². The van der Waals surface area contributed by atoms with Gasteiger partial charge in [-0.2, -0.15) is 0 Å². The second-order valence-electron chi connectivity index (χ2n) is 4.17. The molecule has 1 aromatic carbocycles. The smallest absolute Gasteiger partial charge is 0.334 e. The molecule has 0 aromatic heterocycles. The molecule has 0 saturated carbocycles. The molecule has 1 aromatic rings. The molecule has 0 aliphatic carbocycles. The predicted molar refractivity (Wildman–Crippen MR) is 64.1 cm³/mol. The second kappa shape index (κ2) is 5.65. The molecule has 1 N–H and O–H groups in total. The van der Waals surface area contributed by atoms with Crippen LogP contribution < -0.4 is 0 Å². The highest BCUT2D eigenvalue weighted by Gasteiger charge is 2.26. The zero-order valence-corrected chi connectivity index (χ0v) is 10.4. The molecule has 4 nitrogen and oxygen atoms in total. The van der Waals surface area contributed by atoms with Crippen LogP contribution in [0.2, 0.25) is 5.02 Å². The summed E-state index contributed by atoms with van der Waals surface area (Å²) >= 11 is 5.67. The van der Waals surface area contributed by atoms with Crippen LogP contribution in [0.3, 0.4) is 0 Å². The van der Waals surface area contributed by atoms with Gasteiger partial charge in [0.15, 0.2) is 6.10 Å². The molecule has 0 bridgehead atoms. The first-order valence-corrected chi connectivity index (χ1v) is 5.95. The van der Waals surface area contributed by atoms with Crippen LogP contribution >= 0.6 is 11.6 Å². The Labute approximate surface area is 109 Å². The van der Waals surface area contributed by atoms with E-state index in [1.165, 1.54) is 6.07 Å². The number of carboxylic acid groups (broad SMARTS) is 1. The topological polar surface area (TPSA) is 49.8 Å². The third-order valence-electron chi connectivity index (χ3n) is 2.84. The molecule has 2 rings (SSSR count). The molecule has 0 amide bonds. The van der Waals surface area contributed by atoms with E-state index in [2.05, 4.69) is 0 Å². The summed E-state index contributed by atoms with van der Waals surface area (Å²) in [6.07, 6.45) is -0.839. The van der Waals surface area contributed by atoms with Crippen molar-refractivity contribution < 1.29 is 19.0 Å². The molecule has 1 aliphatic rings. The molecule has 0 radical (unpaired) electrons. The van der Waals surface area contributed by atoms with Crippen molar-refractivity contribution in [3.8, 4) is 0 Å². The largest absolute Gasteiger partial charge is 0.479 e. The van der Waals surface area contributed by atoms with Crippen LogP contribution in [-0.2, 0) is 16.1 Å². The Balaban J connectivity index is 2.02. The van der Waals surface area contributed by atoms with Gasteiger partial charge in [-0.15, -0.1) is 0 Å². The summed E-state index contributed by atoms with van der Waals surface area (Å²) in [5, 5.41) is 9.22. The van der Waals surface area contributed by atoms with E-state index in [4.69, 9.17) is 21.4 Å². The minimum Gasteiger partial charge on any atom is -0.479 e. The molecule has 0 spiro atoms. The Morgan fingerprint density at radius 1 is 1.61 bits per heavy atom. The number of morpholine rings is 1. The standard InChI is InChI=1S/C12H13ClFNO3/c13-9-2-1-8(10(14)5-9)6-15-3-4-18-11(7-15)12(16)17/h1-2,5,11H,3-4,6-7H2,(H,16,17). The summed E-state index contributed by atoms with van der Waals surface area (Å²) in [4.78, 5) is 12.7. The maximum absolute atomic E-state index is 13.6. The summed E-state index contributed by atoms with van der Waals surface area (Å²) in [7, 11) is 0. The second-order valence-corrected chi connectivity index (χ2v) is 4.60. The van der Waals surface area contributed by atoms with Gasteiger partial charge in [-0.3, -0.25) is 4.90 Å². The average Bonchev–Trinajstić information content (AvgIpc) is 2.33. The summed E-state index contributed by atoms with van der Waals surface area (Å²) in [5.74, 6) is -1.36. The molecule has 1 aliphatic heterocycles. The van der Waals surface area contributed by atoms with E-state index >= 15 is 0 Å². The Hall–Kier alpha value is -1.17. The fraction of sp³-hybridized carbons (Fsp3) is 0.417. The minimum absolute atomic E-state index is 0.261. The first-order valence-electron chi connectivity index (χ1n) is 5.57. The molecule has 1 saturated heterocycles. The van der Waals surface area contributed by atoms with E-state index in [1.54, 1.807) is 12.1 Å². The van der Waals surface area contributed by atoms with E-state index in [0.29, 0.717) is 30.3 Å². The van der Waals surface area contributed by atoms with Crippen molar-refractivity contribution in [2.75, 3.05) is 19.7 Å². The highest BCUT2D eigenvalue weighted by atomic mass is 35.5. The van der Waals surface area contributed by atoms with Gasteiger partial charge in [-0.25, -0.2) is 9.18 Å². The Kier molecular flexibility index (Phi) is 4.16. The summed E-state index contributed by atoms with van der Waals surface area (Å²) in [6, 6.07) is 4.49. The van der Waals surface area contributed by atoms with E-state index in [-0.39, 0.29) is 12.4 Å². The van der Waals surface area contributed by atoms with Crippen molar-refractivity contribution in [3.63, 3.8) is 0 Å². The number of ether oxygens (including phenoxy) is 1. The number of nitrogens with zero attached hydrogens (tertiary/aromatic N) is 1. The third kappa shape index (κ3) is 3.19. The van der Waals surface area contributed by atoms with Gasteiger partial charge in [0.1, 0.15) is 5.82 Å². The lowest BCUT2D eigenvalue weighted by atomic mass is 10.1. The number of carbonyl (C=O) groups is 1. The van der Waals surface area contributed by atoms with Crippen LogP contribution in [0.5, 0.6) is 0 Å². The Morgan fingerprint density at radius 3 is 3.06 bits per heavy atom. The zero-order valence-electron chi connectivity index (χ0n) is 9.60. The van der Waals surface area contributed by atoms with Gasteiger partial charge in [0.05, 0.1) is 6.61 Å². The van der Waals surface area contributed by atoms with Crippen LogP contribution in [0.25, 0.3) is 0 Å². The van der Waals surface area contributed by atoms with E-state index in [0.717, 1.165) is 0 Å². The first kappa shape index (κ1) is 13.3. The summed E-state index contributed by atoms with van der Waals surface area (Å²) < 4.78 is 18.7. The van der Waals surface area contributed by atoms with Crippen LogP contribution in [-0.4, -0.2) is 41.8 Å². The van der Waals surface area contributed by atoms with Crippen molar-refractivity contribution in [1.82, 2.24) is 4.90 Å². The molecule has 1 fully saturated rings. The molecule has 18 heavy (non-hydrogen) atoms. The zero-order chi connectivity index (χ0) is 13.1. The first-order chi connectivity index (χ1) is 8.56. The molecule has 98 valence electrons. The van der Waals surface area contributed by atoms with E-state index < -0.39 is 12.1 Å². The lowest BCUT2D eigenvalue weighted by Crippen LogP contribution is -2.45. The van der Waals surface area contributed by atoms with Gasteiger partial charge in [0, 0.05) is 30.2 Å². The Bertz CT molecular complexity index is 455. The predicted octanol–water partition coefficient (Wildman–Crippen LogP) is 1.76. The third-order valence-corrected chi connectivity index (χ3v) is 3.07. The fourth-order valence-corrected chi connectivity index (χ4v) is 2.05. The van der Waals surface area contributed by atoms with Gasteiger partial charge in [0.2, 0.25) is 0 Å². The van der Waals surface area contributed by atoms with Crippen LogP contribution in [0.4, 0.5) is 4.39 Å². The summed E-state index contributed by atoms with van der Waals surface area (Å²) in [6.45, 7) is 1.55.